The molecule has 1 aliphatic rings. The Morgan fingerprint density at radius 3 is 2.32 bits per heavy atom. The summed E-state index contributed by atoms with van der Waals surface area (Å²) in [4.78, 5) is 11.4. The Balaban J connectivity index is 1.88. The highest BCUT2D eigenvalue weighted by molar-refractivity contribution is 6.13. The normalized spacial score (nSPS) is 17.4. The molecule has 124 valence electrons. The third kappa shape index (κ3) is 3.40. The third-order valence-electron chi connectivity index (χ3n) is 4.13. The van der Waals surface area contributed by atoms with Crippen molar-refractivity contribution in [3.8, 4) is 6.07 Å². The predicted molar refractivity (Wildman–Crippen MR) is 95.9 cm³/mol. The van der Waals surface area contributed by atoms with E-state index in [9.17, 15) is 4.79 Å². The van der Waals surface area contributed by atoms with E-state index in [1.165, 1.54) is 0 Å². The summed E-state index contributed by atoms with van der Waals surface area (Å²) in [7, 11) is 0. The highest BCUT2D eigenvalue weighted by Crippen LogP contribution is 2.18. The Labute approximate surface area is 145 Å². The molecule has 3 rings (SSSR count). The molecular formula is C19H17N5O. The van der Waals surface area contributed by atoms with E-state index in [1.54, 1.807) is 12.1 Å². The zero-order chi connectivity index (χ0) is 17.8. The summed E-state index contributed by atoms with van der Waals surface area (Å²) in [5, 5.41) is 17.0. The average molecular weight is 331 g/mol. The lowest BCUT2D eigenvalue weighted by Crippen LogP contribution is -2.31. The number of nitrogens with two attached hydrogens (primary N) is 1. The lowest BCUT2D eigenvalue weighted by atomic mass is 9.92. The fraction of sp³-hybridized carbons (Fsp3) is 0.158. The van der Waals surface area contributed by atoms with Gasteiger partial charge in [-0.1, -0.05) is 43.3 Å². The van der Waals surface area contributed by atoms with Crippen LogP contribution in [0, 0.1) is 17.2 Å². The molecular weight excluding hydrogens is 314 g/mol. The molecule has 1 amide bonds. The number of nitriles is 1. The van der Waals surface area contributed by atoms with Crippen LogP contribution in [0.1, 0.15) is 35.6 Å². The molecule has 0 fully saturated rings. The molecule has 0 aliphatic carbocycles. The van der Waals surface area contributed by atoms with Gasteiger partial charge in [0, 0.05) is 23.5 Å². The first-order valence-electron chi connectivity index (χ1n) is 7.88. The van der Waals surface area contributed by atoms with Crippen molar-refractivity contribution in [1.82, 2.24) is 5.43 Å². The highest BCUT2D eigenvalue weighted by atomic mass is 16.2. The minimum absolute atomic E-state index is 0.0637. The Morgan fingerprint density at radius 2 is 1.80 bits per heavy atom. The summed E-state index contributed by atoms with van der Waals surface area (Å²) < 4.78 is 0. The zero-order valence-corrected chi connectivity index (χ0v) is 13.7. The van der Waals surface area contributed by atoms with Crippen LogP contribution < -0.4 is 11.3 Å². The lowest BCUT2D eigenvalue weighted by molar-refractivity contribution is -0.121. The van der Waals surface area contributed by atoms with Crippen LogP contribution >= 0.6 is 0 Å². The molecule has 3 N–H and O–H groups in total. The van der Waals surface area contributed by atoms with Crippen molar-refractivity contribution >= 4 is 17.3 Å². The quantitative estimate of drug-likeness (QED) is 0.511. The van der Waals surface area contributed by atoms with Gasteiger partial charge in [0.2, 0.25) is 5.91 Å². The molecule has 0 saturated carbocycles. The van der Waals surface area contributed by atoms with Gasteiger partial charge < -0.3 is 5.84 Å². The van der Waals surface area contributed by atoms with Crippen LogP contribution in [0.5, 0.6) is 0 Å². The molecule has 2 aromatic rings. The number of hydrogen-bond donors (Lipinski definition) is 2. The molecule has 1 unspecified atom stereocenters. The lowest BCUT2D eigenvalue weighted by Gasteiger charge is -2.19. The van der Waals surface area contributed by atoms with E-state index < -0.39 is 0 Å². The van der Waals surface area contributed by atoms with Crippen LogP contribution in [0.4, 0.5) is 0 Å². The standard InChI is InChI=1S/C19H17N5O/c1-12-10-17(25)23-24-18(12)14-6-8-16(9-7-14)19(22-21)15-4-2-13(11-20)3-5-15/h2-9,12H,10,21H2,1H3,(H,23,25). The molecule has 6 heteroatoms. The van der Waals surface area contributed by atoms with Crippen molar-refractivity contribution in [2.24, 2.45) is 22.0 Å². The summed E-state index contributed by atoms with van der Waals surface area (Å²) in [5.41, 5.74) is 7.26. The fourth-order valence-corrected chi connectivity index (χ4v) is 2.82. The monoisotopic (exact) mass is 331 g/mol. The maximum atomic E-state index is 11.4. The Bertz CT molecular complexity index is 889. The van der Waals surface area contributed by atoms with Gasteiger partial charge in [-0.25, -0.2) is 5.43 Å². The second-order valence-electron chi connectivity index (χ2n) is 5.88. The van der Waals surface area contributed by atoms with E-state index in [0.717, 1.165) is 22.4 Å². The number of nitrogens with zero attached hydrogens (tertiary/aromatic N) is 3. The van der Waals surface area contributed by atoms with E-state index in [4.69, 9.17) is 11.1 Å². The molecule has 0 bridgehead atoms. The number of carbonyl (C=O) groups excluding carboxylic acids is 1. The van der Waals surface area contributed by atoms with Gasteiger partial charge in [-0.15, -0.1) is 0 Å². The first kappa shape index (κ1) is 16.4. The number of nitrogens with one attached hydrogen (secondary N) is 1. The van der Waals surface area contributed by atoms with Gasteiger partial charge in [-0.3, -0.25) is 4.79 Å². The van der Waals surface area contributed by atoms with Crippen molar-refractivity contribution in [3.63, 3.8) is 0 Å². The van der Waals surface area contributed by atoms with Crippen molar-refractivity contribution in [2.45, 2.75) is 13.3 Å². The Kier molecular flexibility index (Phi) is 4.57. The largest absolute Gasteiger partial charge is 0.323 e. The van der Waals surface area contributed by atoms with Gasteiger partial charge in [-0.2, -0.15) is 15.5 Å². The average Bonchev–Trinajstić information content (AvgIpc) is 2.64. The summed E-state index contributed by atoms with van der Waals surface area (Å²) in [6, 6.07) is 16.9. The van der Waals surface area contributed by atoms with E-state index in [0.29, 0.717) is 17.7 Å². The number of carbonyl (C=O) groups is 1. The fourth-order valence-electron chi connectivity index (χ4n) is 2.82. The van der Waals surface area contributed by atoms with Crippen LogP contribution in [0.3, 0.4) is 0 Å². The van der Waals surface area contributed by atoms with Crippen molar-refractivity contribution in [1.29, 1.82) is 5.26 Å². The van der Waals surface area contributed by atoms with Gasteiger partial charge >= 0.3 is 0 Å². The second-order valence-corrected chi connectivity index (χ2v) is 5.88. The van der Waals surface area contributed by atoms with Crippen LogP contribution in [-0.4, -0.2) is 17.3 Å². The van der Waals surface area contributed by atoms with Crippen molar-refractivity contribution in [3.05, 3.63) is 70.8 Å². The van der Waals surface area contributed by atoms with E-state index in [1.807, 2.05) is 43.3 Å². The van der Waals surface area contributed by atoms with Crippen LogP contribution in [0.2, 0.25) is 0 Å². The maximum Gasteiger partial charge on any atom is 0.240 e. The third-order valence-corrected chi connectivity index (χ3v) is 4.13. The number of hydrazone groups is 2. The molecule has 0 saturated heterocycles. The first-order chi connectivity index (χ1) is 12.1. The summed E-state index contributed by atoms with van der Waals surface area (Å²) in [6.45, 7) is 1.98. The molecule has 25 heavy (non-hydrogen) atoms. The number of benzene rings is 2. The first-order valence-corrected chi connectivity index (χ1v) is 7.88. The SMILES string of the molecule is CC1CC(=O)NN=C1c1ccc(C(=NN)c2ccc(C#N)cc2)cc1. The Hall–Kier alpha value is -3.46. The van der Waals surface area contributed by atoms with Gasteiger partial charge in [0.25, 0.3) is 0 Å². The number of rotatable bonds is 3. The van der Waals surface area contributed by atoms with Crippen molar-refractivity contribution in [2.75, 3.05) is 0 Å². The zero-order valence-electron chi connectivity index (χ0n) is 13.7. The van der Waals surface area contributed by atoms with Crippen LogP contribution in [0.15, 0.2) is 58.7 Å². The molecule has 6 nitrogen and oxygen atoms in total. The maximum absolute atomic E-state index is 11.4. The molecule has 2 aromatic carbocycles. The summed E-state index contributed by atoms with van der Waals surface area (Å²) in [6.07, 6.45) is 0.432. The minimum Gasteiger partial charge on any atom is -0.323 e. The van der Waals surface area contributed by atoms with Crippen LogP contribution in [-0.2, 0) is 4.79 Å². The van der Waals surface area contributed by atoms with Gasteiger partial charge in [-0.05, 0) is 17.7 Å². The van der Waals surface area contributed by atoms with Crippen LogP contribution in [0.25, 0.3) is 0 Å². The van der Waals surface area contributed by atoms with Gasteiger partial charge in [0.1, 0.15) is 0 Å². The van der Waals surface area contributed by atoms with Crippen molar-refractivity contribution < 1.29 is 4.79 Å². The smallest absolute Gasteiger partial charge is 0.240 e. The molecule has 0 radical (unpaired) electrons. The number of amides is 1. The van der Waals surface area contributed by atoms with E-state index in [-0.39, 0.29) is 11.8 Å². The molecule has 0 spiro atoms. The molecule has 1 atom stereocenters. The molecule has 1 aliphatic heterocycles. The summed E-state index contributed by atoms with van der Waals surface area (Å²) in [5.74, 6) is 5.58. The molecule has 0 aromatic heterocycles. The molecule has 1 heterocycles. The van der Waals surface area contributed by atoms with E-state index in [2.05, 4.69) is 21.7 Å². The second kappa shape index (κ2) is 6.97. The van der Waals surface area contributed by atoms with Gasteiger partial charge in [0.15, 0.2) is 0 Å². The topological polar surface area (TPSA) is 104 Å². The predicted octanol–water partition coefficient (Wildman–Crippen LogP) is 2.13. The Morgan fingerprint density at radius 1 is 1.20 bits per heavy atom. The van der Waals surface area contributed by atoms with E-state index >= 15 is 0 Å². The minimum atomic E-state index is -0.0637. The van der Waals surface area contributed by atoms with Gasteiger partial charge in [0.05, 0.1) is 23.1 Å². The highest BCUT2D eigenvalue weighted by Gasteiger charge is 2.21. The number of hydrogen-bond acceptors (Lipinski definition) is 5. The summed E-state index contributed by atoms with van der Waals surface area (Å²) >= 11 is 0.